The van der Waals surface area contributed by atoms with Gasteiger partial charge in [0.1, 0.15) is 5.82 Å². The van der Waals surface area contributed by atoms with E-state index in [1.54, 1.807) is 0 Å². The first-order valence-corrected chi connectivity index (χ1v) is 12.0. The predicted octanol–water partition coefficient (Wildman–Crippen LogP) is 5.30. The Hall–Kier alpha value is -2.93. The fourth-order valence-electron chi connectivity index (χ4n) is 3.91. The average Bonchev–Trinajstić information content (AvgIpc) is 3.24. The Morgan fingerprint density at radius 2 is 1.84 bits per heavy atom. The maximum Gasteiger partial charge on any atom is 0.322 e. The smallest absolute Gasteiger partial charge is 0.322 e. The van der Waals surface area contributed by atoms with Gasteiger partial charge >= 0.3 is 6.03 Å². The van der Waals surface area contributed by atoms with Crippen molar-refractivity contribution in [3.05, 3.63) is 71.0 Å². The maximum atomic E-state index is 12.8. The zero-order chi connectivity index (χ0) is 22.7. The Morgan fingerprint density at radius 3 is 2.50 bits per heavy atom. The first kappa shape index (κ1) is 22.3. The highest BCUT2D eigenvalue weighted by molar-refractivity contribution is 7.09. The zero-order valence-corrected chi connectivity index (χ0v) is 20.0. The Bertz CT molecular complexity index is 1040. The second-order valence-corrected chi connectivity index (χ2v) is 9.58. The summed E-state index contributed by atoms with van der Waals surface area (Å²) in [6.07, 6.45) is 0.740. The van der Waals surface area contributed by atoms with Crippen molar-refractivity contribution >= 4 is 28.4 Å². The van der Waals surface area contributed by atoms with E-state index in [1.807, 2.05) is 17.0 Å². The van der Waals surface area contributed by atoms with E-state index >= 15 is 0 Å². The standard InChI is InChI=1S/C25H31N5OS/c1-17(2)21-9-11-22(12-10-21)26-24(31)30-14-13-29(16-19(30)4)25-27-23(28-32-25)15-20-7-5-18(3)6-8-20/h5-12,17,19H,13-16H2,1-4H3,(H,26,31). The molecule has 1 N–H and O–H groups in total. The molecular formula is C25H31N5OS. The fraction of sp³-hybridized carbons (Fsp3) is 0.400. The molecule has 3 aromatic rings. The van der Waals surface area contributed by atoms with Crippen LogP contribution >= 0.6 is 11.5 Å². The number of aryl methyl sites for hydroxylation is 1. The summed E-state index contributed by atoms with van der Waals surface area (Å²) in [7, 11) is 0. The van der Waals surface area contributed by atoms with Gasteiger partial charge in [0.25, 0.3) is 0 Å². The first-order valence-electron chi connectivity index (χ1n) is 11.2. The number of hydrogen-bond acceptors (Lipinski definition) is 5. The number of nitrogens with zero attached hydrogens (tertiary/aromatic N) is 4. The number of nitrogens with one attached hydrogen (secondary N) is 1. The van der Waals surface area contributed by atoms with Gasteiger partial charge in [-0.3, -0.25) is 0 Å². The molecule has 1 aliphatic rings. The molecule has 4 rings (SSSR count). The number of rotatable bonds is 5. The second-order valence-electron chi connectivity index (χ2n) is 8.85. The molecule has 1 fully saturated rings. The van der Waals surface area contributed by atoms with Gasteiger partial charge < -0.3 is 15.1 Å². The van der Waals surface area contributed by atoms with E-state index in [4.69, 9.17) is 4.98 Å². The van der Waals surface area contributed by atoms with Crippen molar-refractivity contribution in [2.45, 2.75) is 46.1 Å². The van der Waals surface area contributed by atoms with E-state index in [0.29, 0.717) is 12.5 Å². The Balaban J connectivity index is 1.33. The topological polar surface area (TPSA) is 61.4 Å². The van der Waals surface area contributed by atoms with Crippen molar-refractivity contribution in [3.8, 4) is 0 Å². The van der Waals surface area contributed by atoms with Gasteiger partial charge in [0, 0.05) is 49.3 Å². The molecule has 0 spiro atoms. The van der Waals surface area contributed by atoms with Crippen LogP contribution in [0.4, 0.5) is 15.6 Å². The number of amides is 2. The molecule has 1 atom stereocenters. The van der Waals surface area contributed by atoms with Crippen molar-refractivity contribution in [2.24, 2.45) is 0 Å². The lowest BCUT2D eigenvalue weighted by Gasteiger charge is -2.39. The number of aromatic nitrogens is 2. The largest absolute Gasteiger partial charge is 0.343 e. The summed E-state index contributed by atoms with van der Waals surface area (Å²) in [4.78, 5) is 21.7. The van der Waals surface area contributed by atoms with Crippen molar-refractivity contribution in [1.29, 1.82) is 0 Å². The third-order valence-electron chi connectivity index (χ3n) is 5.93. The van der Waals surface area contributed by atoms with Crippen LogP contribution in [0, 0.1) is 6.92 Å². The van der Waals surface area contributed by atoms with E-state index in [1.165, 1.54) is 28.2 Å². The van der Waals surface area contributed by atoms with Crippen LogP contribution in [0.3, 0.4) is 0 Å². The van der Waals surface area contributed by atoms with Crippen LogP contribution in [0.25, 0.3) is 0 Å². The third kappa shape index (κ3) is 5.27. The number of carbonyl (C=O) groups is 1. The van der Waals surface area contributed by atoms with Crippen molar-refractivity contribution < 1.29 is 4.79 Å². The summed E-state index contributed by atoms with van der Waals surface area (Å²) >= 11 is 1.44. The van der Waals surface area contributed by atoms with Gasteiger partial charge in [-0.2, -0.15) is 4.37 Å². The summed E-state index contributed by atoms with van der Waals surface area (Å²) in [5.41, 5.74) is 4.57. The zero-order valence-electron chi connectivity index (χ0n) is 19.2. The lowest BCUT2D eigenvalue weighted by molar-refractivity contribution is 0.185. The van der Waals surface area contributed by atoms with Crippen LogP contribution < -0.4 is 10.2 Å². The highest BCUT2D eigenvalue weighted by atomic mass is 32.1. The number of benzene rings is 2. The third-order valence-corrected chi connectivity index (χ3v) is 6.74. The Kier molecular flexibility index (Phi) is 6.74. The van der Waals surface area contributed by atoms with Crippen molar-refractivity contribution in [3.63, 3.8) is 0 Å². The van der Waals surface area contributed by atoms with Crippen LogP contribution in [-0.4, -0.2) is 46.0 Å². The van der Waals surface area contributed by atoms with Crippen LogP contribution in [0.1, 0.15) is 49.2 Å². The lowest BCUT2D eigenvalue weighted by atomic mass is 10.0. The Labute approximate surface area is 194 Å². The summed E-state index contributed by atoms with van der Waals surface area (Å²) in [5, 5.41) is 3.97. The molecule has 2 heterocycles. The highest BCUT2D eigenvalue weighted by Gasteiger charge is 2.29. The van der Waals surface area contributed by atoms with Crippen LogP contribution in [-0.2, 0) is 6.42 Å². The molecule has 0 bridgehead atoms. The molecule has 6 nitrogen and oxygen atoms in total. The fourth-order valence-corrected chi connectivity index (χ4v) is 4.63. The minimum atomic E-state index is -0.0493. The summed E-state index contributed by atoms with van der Waals surface area (Å²) < 4.78 is 4.56. The van der Waals surface area contributed by atoms with E-state index in [2.05, 4.69) is 78.7 Å². The average molecular weight is 450 g/mol. The Morgan fingerprint density at radius 1 is 1.12 bits per heavy atom. The second kappa shape index (κ2) is 9.69. The minimum absolute atomic E-state index is 0.0493. The van der Waals surface area contributed by atoms with E-state index in [-0.39, 0.29) is 12.1 Å². The monoisotopic (exact) mass is 449 g/mol. The highest BCUT2D eigenvalue weighted by Crippen LogP contribution is 2.23. The molecule has 1 aliphatic heterocycles. The number of carbonyl (C=O) groups excluding carboxylic acids is 1. The van der Waals surface area contributed by atoms with Crippen molar-refractivity contribution in [1.82, 2.24) is 14.3 Å². The minimum Gasteiger partial charge on any atom is -0.343 e. The summed E-state index contributed by atoms with van der Waals surface area (Å²) in [5.74, 6) is 1.33. The predicted molar refractivity (Wildman–Crippen MR) is 132 cm³/mol. The lowest BCUT2D eigenvalue weighted by Crippen LogP contribution is -2.55. The summed E-state index contributed by atoms with van der Waals surface area (Å²) in [6, 6.07) is 16.6. The molecule has 7 heteroatoms. The SMILES string of the molecule is Cc1ccc(Cc2nsc(N3CCN(C(=O)Nc4ccc(C(C)C)cc4)C(C)C3)n2)cc1. The van der Waals surface area contributed by atoms with Crippen LogP contribution in [0.15, 0.2) is 48.5 Å². The van der Waals surface area contributed by atoms with Gasteiger partial charge in [-0.1, -0.05) is 55.8 Å². The van der Waals surface area contributed by atoms with Gasteiger partial charge in [-0.05, 0) is 43.0 Å². The molecule has 32 heavy (non-hydrogen) atoms. The van der Waals surface area contributed by atoms with Gasteiger partial charge in [0.2, 0.25) is 5.13 Å². The van der Waals surface area contributed by atoms with Gasteiger partial charge in [-0.15, -0.1) is 0 Å². The van der Waals surface area contributed by atoms with Gasteiger partial charge in [-0.25, -0.2) is 9.78 Å². The van der Waals surface area contributed by atoms with Crippen LogP contribution in [0.5, 0.6) is 0 Å². The number of piperazine rings is 1. The summed E-state index contributed by atoms with van der Waals surface area (Å²) in [6.45, 7) is 10.7. The van der Waals surface area contributed by atoms with Gasteiger partial charge in [0.05, 0.1) is 0 Å². The first-order chi connectivity index (χ1) is 15.4. The molecule has 1 saturated heterocycles. The molecule has 1 unspecified atom stereocenters. The van der Waals surface area contributed by atoms with E-state index in [0.717, 1.165) is 36.2 Å². The van der Waals surface area contributed by atoms with Crippen LogP contribution in [0.2, 0.25) is 0 Å². The maximum absolute atomic E-state index is 12.8. The molecule has 1 aromatic heterocycles. The molecule has 168 valence electrons. The van der Waals surface area contributed by atoms with Gasteiger partial charge in [0.15, 0.2) is 0 Å². The number of anilines is 2. The number of urea groups is 1. The quantitative estimate of drug-likeness (QED) is 0.574. The van der Waals surface area contributed by atoms with Crippen molar-refractivity contribution in [2.75, 3.05) is 29.9 Å². The molecule has 0 aliphatic carbocycles. The molecule has 2 aromatic carbocycles. The molecule has 0 saturated carbocycles. The van der Waals surface area contributed by atoms with E-state index < -0.39 is 0 Å². The van der Waals surface area contributed by atoms with E-state index in [9.17, 15) is 4.79 Å². The molecule has 2 amide bonds. The normalized spacial score (nSPS) is 16.5. The molecule has 0 radical (unpaired) electrons. The molecular weight excluding hydrogens is 418 g/mol. The number of hydrogen-bond donors (Lipinski definition) is 1.